The summed E-state index contributed by atoms with van der Waals surface area (Å²) >= 11 is 5.35. The first kappa shape index (κ1) is 14.4. The van der Waals surface area contributed by atoms with Gasteiger partial charge in [0.1, 0.15) is 6.07 Å². The second-order valence-corrected chi connectivity index (χ2v) is 3.98. The monoisotopic (exact) mass is 244 g/mol. The highest BCUT2D eigenvalue weighted by molar-refractivity contribution is 7.32. The molecule has 1 N–H and O–H groups in total. The van der Waals surface area contributed by atoms with Gasteiger partial charge in [-0.1, -0.05) is 25.4 Å². The molecule has 1 unspecified atom stereocenters. The lowest BCUT2D eigenvalue weighted by molar-refractivity contribution is 0.0202. The van der Waals surface area contributed by atoms with E-state index in [1.54, 1.807) is 0 Å². The molecule has 0 saturated carbocycles. The average molecular weight is 245 g/mol. The van der Waals surface area contributed by atoms with Crippen LogP contribution in [0.1, 0.15) is 33.1 Å². The molecule has 0 aromatic heterocycles. The highest BCUT2D eigenvalue weighted by Crippen LogP contribution is 2.34. The van der Waals surface area contributed by atoms with Gasteiger partial charge in [-0.3, -0.25) is 4.57 Å². The topological polar surface area (TPSA) is 55.8 Å². The van der Waals surface area contributed by atoms with Crippen LogP contribution in [0.4, 0.5) is 0 Å². The van der Waals surface area contributed by atoms with Gasteiger partial charge in [-0.05, 0) is 12.8 Å². The zero-order chi connectivity index (χ0) is 11.0. The van der Waals surface area contributed by atoms with Crippen molar-refractivity contribution in [3.05, 3.63) is 0 Å². The molecule has 0 rings (SSSR count). The molecule has 0 amide bonds. The van der Waals surface area contributed by atoms with Crippen LogP contribution in [0.5, 0.6) is 0 Å². The molecule has 0 saturated heterocycles. The molecule has 0 aliphatic heterocycles. The van der Waals surface area contributed by atoms with Crippen molar-refractivity contribution in [2.24, 2.45) is 0 Å². The van der Waals surface area contributed by atoms with Crippen molar-refractivity contribution >= 4 is 19.9 Å². The fourth-order valence-corrected chi connectivity index (χ4v) is 2.17. The first-order valence-corrected chi connectivity index (χ1v) is 6.45. The Labute approximate surface area is 90.5 Å². The van der Waals surface area contributed by atoms with Gasteiger partial charge in [-0.25, -0.2) is 0 Å². The normalized spacial score (nSPS) is 14.3. The van der Waals surface area contributed by atoms with E-state index in [2.05, 4.69) is 0 Å². The Hall–Kier alpha value is 0.400. The first-order chi connectivity index (χ1) is 6.60. The molecule has 86 valence electrons. The van der Waals surface area contributed by atoms with E-state index >= 15 is 0 Å². The Kier molecular flexibility index (Phi) is 7.88. The Morgan fingerprint density at radius 1 is 1.43 bits per heavy atom. The highest BCUT2D eigenvalue weighted by Gasteiger charge is 2.28. The third-order valence-corrected chi connectivity index (χ3v) is 3.13. The smallest absolute Gasteiger partial charge is 0.317 e. The van der Waals surface area contributed by atoms with Crippen molar-refractivity contribution in [2.75, 3.05) is 12.7 Å². The molecule has 0 bridgehead atoms. The summed E-state index contributed by atoms with van der Waals surface area (Å²) in [6, 6.07) is 0.137. The second kappa shape index (κ2) is 7.66. The zero-order valence-electron chi connectivity index (χ0n) is 8.59. The third-order valence-electron chi connectivity index (χ3n) is 2.37. The minimum atomic E-state index is -2.89. The minimum Gasteiger partial charge on any atom is -0.366 e. The molecular weight excluding hydrogens is 227 g/mol. The number of ether oxygens (including phenoxy) is 1. The van der Waals surface area contributed by atoms with Gasteiger partial charge in [0, 0.05) is 6.42 Å². The molecule has 0 radical (unpaired) electrons. The number of alkyl halides is 1. The van der Waals surface area contributed by atoms with E-state index in [0.717, 1.165) is 0 Å². The van der Waals surface area contributed by atoms with Crippen LogP contribution < -0.4 is 0 Å². The van der Waals surface area contributed by atoms with E-state index in [4.69, 9.17) is 25.8 Å². The summed E-state index contributed by atoms with van der Waals surface area (Å²) in [7, 11) is -2.89. The van der Waals surface area contributed by atoms with Gasteiger partial charge in [-0.15, -0.1) is 0 Å². The van der Waals surface area contributed by atoms with Crippen LogP contribution in [0.15, 0.2) is 0 Å². The van der Waals surface area contributed by atoms with Crippen LogP contribution in [0.3, 0.4) is 0 Å². The quantitative estimate of drug-likeness (QED) is 0.405. The van der Waals surface area contributed by atoms with Gasteiger partial charge in [0.05, 0.1) is 12.2 Å². The van der Waals surface area contributed by atoms with Crippen molar-refractivity contribution in [1.82, 2.24) is 0 Å². The van der Waals surface area contributed by atoms with Crippen LogP contribution in [0.25, 0.3) is 0 Å². The summed E-state index contributed by atoms with van der Waals surface area (Å²) in [4.78, 5) is 8.76. The summed E-state index contributed by atoms with van der Waals surface area (Å²) in [6.45, 7) is 4.30. The lowest BCUT2D eigenvalue weighted by Crippen LogP contribution is -2.30. The van der Waals surface area contributed by atoms with E-state index in [1.807, 2.05) is 13.8 Å². The number of rotatable bonds is 8. The fourth-order valence-electron chi connectivity index (χ4n) is 1.30. The maximum atomic E-state index is 10.7. The van der Waals surface area contributed by atoms with Gasteiger partial charge < -0.3 is 14.2 Å². The van der Waals surface area contributed by atoms with Crippen molar-refractivity contribution < 1.29 is 18.7 Å². The summed E-state index contributed by atoms with van der Waals surface area (Å²) in [5.41, 5.74) is -0.545. The van der Waals surface area contributed by atoms with Crippen LogP contribution in [-0.2, 0) is 13.8 Å². The molecule has 0 aliphatic rings. The largest absolute Gasteiger partial charge is 0.366 e. The van der Waals surface area contributed by atoms with Gasteiger partial charge in [0.2, 0.25) is 0 Å². The van der Waals surface area contributed by atoms with Gasteiger partial charge in [0.25, 0.3) is 0 Å². The number of hydrogen-bond acceptors (Lipinski definition) is 3. The maximum Gasteiger partial charge on any atom is 0.317 e. The SMILES string of the molecule is CCC(CC)(CCOCCl)O[PH](=O)O. The summed E-state index contributed by atoms with van der Waals surface area (Å²) in [6.07, 6.45) is 1.96. The molecule has 0 fully saturated rings. The zero-order valence-corrected chi connectivity index (χ0v) is 10.3. The third kappa shape index (κ3) is 5.32. The van der Waals surface area contributed by atoms with Crippen LogP contribution in [0.2, 0.25) is 0 Å². The van der Waals surface area contributed by atoms with Crippen LogP contribution in [-0.4, -0.2) is 23.2 Å². The van der Waals surface area contributed by atoms with E-state index in [1.165, 1.54) is 0 Å². The molecule has 0 spiro atoms. The molecule has 0 heterocycles. The van der Waals surface area contributed by atoms with E-state index in [9.17, 15) is 4.57 Å². The molecule has 6 heteroatoms. The Balaban J connectivity index is 4.14. The molecule has 0 aliphatic carbocycles. The predicted octanol–water partition coefficient (Wildman–Crippen LogP) is 2.55. The first-order valence-electron chi connectivity index (χ1n) is 4.66. The van der Waals surface area contributed by atoms with Crippen LogP contribution >= 0.6 is 19.9 Å². The van der Waals surface area contributed by atoms with E-state index < -0.39 is 13.9 Å². The minimum absolute atomic E-state index is 0.137. The Bertz CT molecular complexity index is 173. The molecule has 0 aromatic carbocycles. The Morgan fingerprint density at radius 3 is 2.36 bits per heavy atom. The summed E-state index contributed by atoms with van der Waals surface area (Å²) in [5.74, 6) is 0. The van der Waals surface area contributed by atoms with E-state index in [-0.39, 0.29) is 6.07 Å². The molecule has 4 nitrogen and oxygen atoms in total. The summed E-state index contributed by atoms with van der Waals surface area (Å²) in [5, 5.41) is 0. The lowest BCUT2D eigenvalue weighted by atomic mass is 9.94. The van der Waals surface area contributed by atoms with Crippen molar-refractivity contribution in [2.45, 2.75) is 38.7 Å². The molecule has 0 aromatic rings. The van der Waals surface area contributed by atoms with Crippen molar-refractivity contribution in [3.8, 4) is 0 Å². The Morgan fingerprint density at radius 2 is 2.00 bits per heavy atom. The number of hydrogen-bond donors (Lipinski definition) is 1. The van der Waals surface area contributed by atoms with E-state index in [0.29, 0.717) is 25.9 Å². The number of halogens is 1. The van der Waals surface area contributed by atoms with Crippen molar-refractivity contribution in [1.29, 1.82) is 0 Å². The van der Waals surface area contributed by atoms with Gasteiger partial charge in [-0.2, -0.15) is 0 Å². The fraction of sp³-hybridized carbons (Fsp3) is 1.00. The van der Waals surface area contributed by atoms with Crippen LogP contribution in [0, 0.1) is 0 Å². The molecule has 14 heavy (non-hydrogen) atoms. The molecule has 1 atom stereocenters. The lowest BCUT2D eigenvalue weighted by Gasteiger charge is -2.30. The summed E-state index contributed by atoms with van der Waals surface area (Å²) < 4.78 is 20.7. The average Bonchev–Trinajstić information content (AvgIpc) is 2.16. The van der Waals surface area contributed by atoms with Crippen molar-refractivity contribution in [3.63, 3.8) is 0 Å². The standard InChI is InChI=1S/C8H18ClO4P/c1-3-8(4-2,13-14(10)11)5-6-12-7-9/h14H,3-7H2,1-2H3,(H,10,11). The highest BCUT2D eigenvalue weighted by atomic mass is 35.5. The maximum absolute atomic E-state index is 10.7. The predicted molar refractivity (Wildman–Crippen MR) is 56.9 cm³/mol. The van der Waals surface area contributed by atoms with Gasteiger partial charge >= 0.3 is 8.25 Å². The van der Waals surface area contributed by atoms with Gasteiger partial charge in [0.15, 0.2) is 0 Å². The molecular formula is C8H18ClO4P. The second-order valence-electron chi connectivity index (χ2n) is 3.03.